The molecule has 0 fully saturated rings. The van der Waals surface area contributed by atoms with Gasteiger partial charge in [0.15, 0.2) is 0 Å². The zero-order valence-electron chi connectivity index (χ0n) is 8.29. The van der Waals surface area contributed by atoms with Gasteiger partial charge in [-0.1, -0.05) is 35.0 Å². The summed E-state index contributed by atoms with van der Waals surface area (Å²) in [6.45, 7) is 3.66. The van der Waals surface area contributed by atoms with Gasteiger partial charge in [-0.2, -0.15) is 0 Å². The molecular formula is C11H13BrO2. The highest BCUT2D eigenvalue weighted by Gasteiger charge is 2.09. The van der Waals surface area contributed by atoms with Crippen molar-refractivity contribution in [2.45, 2.75) is 26.4 Å². The van der Waals surface area contributed by atoms with Gasteiger partial charge in [-0.25, -0.2) is 0 Å². The van der Waals surface area contributed by atoms with Gasteiger partial charge >= 0.3 is 5.97 Å². The topological polar surface area (TPSA) is 26.3 Å². The van der Waals surface area contributed by atoms with E-state index in [0.717, 1.165) is 10.0 Å². The van der Waals surface area contributed by atoms with E-state index in [-0.39, 0.29) is 12.1 Å². The van der Waals surface area contributed by atoms with Crippen LogP contribution < -0.4 is 0 Å². The Kier molecular flexibility index (Phi) is 4.14. The SMILES string of the molecule is CCC(=O)O[C@H](C)c1ccc(Br)cc1. The van der Waals surface area contributed by atoms with Gasteiger partial charge in [0, 0.05) is 10.9 Å². The summed E-state index contributed by atoms with van der Waals surface area (Å²) in [7, 11) is 0. The van der Waals surface area contributed by atoms with Crippen LogP contribution in [0.1, 0.15) is 31.9 Å². The molecule has 0 aliphatic carbocycles. The standard InChI is InChI=1S/C11H13BrO2/c1-3-11(13)14-8(2)9-4-6-10(12)7-5-9/h4-8H,3H2,1-2H3/t8-/m1/s1. The minimum Gasteiger partial charge on any atom is -0.458 e. The van der Waals surface area contributed by atoms with E-state index in [1.807, 2.05) is 31.2 Å². The molecule has 3 heteroatoms. The van der Waals surface area contributed by atoms with Crippen LogP contribution in [0, 0.1) is 0 Å². The molecule has 1 atom stereocenters. The molecule has 0 bridgehead atoms. The molecule has 0 N–H and O–H groups in total. The van der Waals surface area contributed by atoms with Crippen LogP contribution >= 0.6 is 15.9 Å². The van der Waals surface area contributed by atoms with Gasteiger partial charge in [0.2, 0.25) is 0 Å². The summed E-state index contributed by atoms with van der Waals surface area (Å²) in [6, 6.07) is 7.76. The third-order valence-corrected chi connectivity index (χ3v) is 2.46. The van der Waals surface area contributed by atoms with Crippen molar-refractivity contribution >= 4 is 21.9 Å². The van der Waals surface area contributed by atoms with Gasteiger partial charge in [0.1, 0.15) is 6.10 Å². The van der Waals surface area contributed by atoms with E-state index in [2.05, 4.69) is 15.9 Å². The zero-order valence-corrected chi connectivity index (χ0v) is 9.87. The Bertz CT molecular complexity index is 306. The normalized spacial score (nSPS) is 12.2. The maximum Gasteiger partial charge on any atom is 0.306 e. The fourth-order valence-corrected chi connectivity index (χ4v) is 1.35. The number of benzene rings is 1. The van der Waals surface area contributed by atoms with E-state index in [9.17, 15) is 4.79 Å². The average Bonchev–Trinajstić information content (AvgIpc) is 2.18. The fraction of sp³-hybridized carbons (Fsp3) is 0.364. The van der Waals surface area contributed by atoms with Crippen molar-refractivity contribution in [2.75, 3.05) is 0 Å². The van der Waals surface area contributed by atoms with E-state index < -0.39 is 0 Å². The first-order valence-electron chi connectivity index (χ1n) is 4.58. The minimum absolute atomic E-state index is 0.166. The van der Waals surface area contributed by atoms with Gasteiger partial charge < -0.3 is 4.74 Å². The lowest BCUT2D eigenvalue weighted by atomic mass is 10.1. The molecule has 2 nitrogen and oxygen atoms in total. The lowest BCUT2D eigenvalue weighted by Gasteiger charge is -2.12. The first-order chi connectivity index (χ1) is 6.63. The molecule has 0 unspecified atom stereocenters. The summed E-state index contributed by atoms with van der Waals surface area (Å²) in [5.41, 5.74) is 1.01. The number of hydrogen-bond acceptors (Lipinski definition) is 2. The maximum atomic E-state index is 11.0. The Morgan fingerprint density at radius 2 is 2.00 bits per heavy atom. The summed E-state index contributed by atoms with van der Waals surface area (Å²) in [4.78, 5) is 11.0. The van der Waals surface area contributed by atoms with E-state index in [1.165, 1.54) is 0 Å². The second-order valence-corrected chi connectivity index (χ2v) is 3.95. The predicted molar refractivity (Wildman–Crippen MR) is 58.9 cm³/mol. The van der Waals surface area contributed by atoms with Gasteiger partial charge in [-0.3, -0.25) is 4.79 Å². The monoisotopic (exact) mass is 256 g/mol. The Hall–Kier alpha value is -0.830. The van der Waals surface area contributed by atoms with E-state index in [0.29, 0.717) is 6.42 Å². The van der Waals surface area contributed by atoms with E-state index in [4.69, 9.17) is 4.74 Å². The molecule has 0 heterocycles. The third-order valence-electron chi connectivity index (χ3n) is 1.94. The summed E-state index contributed by atoms with van der Waals surface area (Å²) in [5.74, 6) is -0.166. The molecule has 1 aromatic carbocycles. The van der Waals surface area contributed by atoms with Crippen molar-refractivity contribution < 1.29 is 9.53 Å². The molecular weight excluding hydrogens is 244 g/mol. The molecule has 0 aliphatic rings. The summed E-state index contributed by atoms with van der Waals surface area (Å²) in [5, 5.41) is 0. The van der Waals surface area contributed by atoms with Crippen LogP contribution in [0.4, 0.5) is 0 Å². The molecule has 0 aromatic heterocycles. The average molecular weight is 257 g/mol. The van der Waals surface area contributed by atoms with Crippen molar-refractivity contribution in [2.24, 2.45) is 0 Å². The van der Waals surface area contributed by atoms with Crippen molar-refractivity contribution in [1.82, 2.24) is 0 Å². The van der Waals surface area contributed by atoms with Crippen molar-refractivity contribution in [3.05, 3.63) is 34.3 Å². The van der Waals surface area contributed by atoms with Gasteiger partial charge in [-0.15, -0.1) is 0 Å². The van der Waals surface area contributed by atoms with E-state index in [1.54, 1.807) is 6.92 Å². The first-order valence-corrected chi connectivity index (χ1v) is 5.37. The van der Waals surface area contributed by atoms with Crippen LogP contribution in [0.3, 0.4) is 0 Å². The highest BCUT2D eigenvalue weighted by molar-refractivity contribution is 9.10. The maximum absolute atomic E-state index is 11.0. The zero-order chi connectivity index (χ0) is 10.6. The summed E-state index contributed by atoms with van der Waals surface area (Å²) in [6.07, 6.45) is 0.247. The number of halogens is 1. The minimum atomic E-state index is -0.171. The molecule has 76 valence electrons. The van der Waals surface area contributed by atoms with Crippen LogP contribution in [0.15, 0.2) is 28.7 Å². The lowest BCUT2D eigenvalue weighted by Crippen LogP contribution is -2.07. The second-order valence-electron chi connectivity index (χ2n) is 3.04. The first kappa shape index (κ1) is 11.2. The Balaban J connectivity index is 2.65. The van der Waals surface area contributed by atoms with Crippen LogP contribution in [-0.4, -0.2) is 5.97 Å². The molecule has 0 saturated heterocycles. The Morgan fingerprint density at radius 1 is 1.43 bits per heavy atom. The molecule has 14 heavy (non-hydrogen) atoms. The number of carbonyl (C=O) groups excluding carboxylic acids is 1. The van der Waals surface area contributed by atoms with E-state index >= 15 is 0 Å². The molecule has 0 radical (unpaired) electrons. The molecule has 0 amide bonds. The lowest BCUT2D eigenvalue weighted by molar-refractivity contribution is -0.148. The van der Waals surface area contributed by atoms with Crippen molar-refractivity contribution in [3.8, 4) is 0 Å². The van der Waals surface area contributed by atoms with Gasteiger partial charge in [-0.05, 0) is 24.6 Å². The molecule has 0 saturated carbocycles. The summed E-state index contributed by atoms with van der Waals surface area (Å²) < 4.78 is 6.19. The van der Waals surface area contributed by atoms with Gasteiger partial charge in [0.25, 0.3) is 0 Å². The van der Waals surface area contributed by atoms with Crippen LogP contribution in [0.25, 0.3) is 0 Å². The Labute approximate surface area is 92.4 Å². The number of hydrogen-bond donors (Lipinski definition) is 0. The highest BCUT2D eigenvalue weighted by atomic mass is 79.9. The van der Waals surface area contributed by atoms with Crippen LogP contribution in [0.2, 0.25) is 0 Å². The number of ether oxygens (including phenoxy) is 1. The second kappa shape index (κ2) is 5.15. The van der Waals surface area contributed by atoms with Crippen molar-refractivity contribution in [3.63, 3.8) is 0 Å². The quantitative estimate of drug-likeness (QED) is 0.775. The molecule has 1 rings (SSSR count). The van der Waals surface area contributed by atoms with Crippen LogP contribution in [-0.2, 0) is 9.53 Å². The number of rotatable bonds is 3. The largest absolute Gasteiger partial charge is 0.458 e. The predicted octanol–water partition coefficient (Wildman–Crippen LogP) is 3.46. The number of carbonyl (C=O) groups is 1. The molecule has 0 aliphatic heterocycles. The van der Waals surface area contributed by atoms with Crippen LogP contribution in [0.5, 0.6) is 0 Å². The smallest absolute Gasteiger partial charge is 0.306 e. The molecule has 0 spiro atoms. The van der Waals surface area contributed by atoms with Gasteiger partial charge in [0.05, 0.1) is 0 Å². The highest BCUT2D eigenvalue weighted by Crippen LogP contribution is 2.19. The Morgan fingerprint density at radius 3 is 2.50 bits per heavy atom. The summed E-state index contributed by atoms with van der Waals surface area (Å²) >= 11 is 3.35. The fourth-order valence-electron chi connectivity index (χ4n) is 1.08. The van der Waals surface area contributed by atoms with Crippen molar-refractivity contribution in [1.29, 1.82) is 0 Å². The molecule has 1 aromatic rings. The number of esters is 1. The third kappa shape index (κ3) is 3.14.